The third-order valence-corrected chi connectivity index (χ3v) is 4.69. The van der Waals surface area contributed by atoms with Crippen LogP contribution in [-0.2, 0) is 17.8 Å². The summed E-state index contributed by atoms with van der Waals surface area (Å²) in [5.41, 5.74) is 1.71. The molecule has 1 aromatic heterocycles. The van der Waals surface area contributed by atoms with Crippen molar-refractivity contribution in [1.29, 1.82) is 0 Å². The van der Waals surface area contributed by atoms with E-state index in [1.165, 1.54) is 13.0 Å². The molecule has 122 valence electrons. The molecule has 4 nitrogen and oxygen atoms in total. The van der Waals surface area contributed by atoms with Crippen molar-refractivity contribution >= 4 is 57.8 Å². The van der Waals surface area contributed by atoms with Crippen molar-refractivity contribution in [1.82, 2.24) is 9.55 Å². The zero-order valence-corrected chi connectivity index (χ0v) is 16.3. The van der Waals surface area contributed by atoms with Crippen LogP contribution in [0.15, 0.2) is 23.8 Å². The first-order valence-electron chi connectivity index (χ1n) is 6.93. The van der Waals surface area contributed by atoms with Crippen LogP contribution in [0.1, 0.15) is 30.9 Å². The van der Waals surface area contributed by atoms with Gasteiger partial charge in [-0.1, -0.05) is 36.2 Å². The summed E-state index contributed by atoms with van der Waals surface area (Å²) in [4.78, 5) is 15.4. The number of carboxylic acid groups (broad SMARTS) is 1. The Hall–Kier alpha value is -1.05. The van der Waals surface area contributed by atoms with Crippen molar-refractivity contribution in [2.24, 2.45) is 0 Å². The number of aromatic nitrogens is 2. The van der Waals surface area contributed by atoms with Gasteiger partial charge in [0, 0.05) is 20.6 Å². The zero-order valence-electron chi connectivity index (χ0n) is 12.6. The number of hydrogen-bond acceptors (Lipinski definition) is 2. The van der Waals surface area contributed by atoms with Gasteiger partial charge in [0.25, 0.3) is 0 Å². The van der Waals surface area contributed by atoms with Gasteiger partial charge in [-0.25, -0.2) is 9.78 Å². The summed E-state index contributed by atoms with van der Waals surface area (Å²) < 4.78 is 2.96. The van der Waals surface area contributed by atoms with Crippen LogP contribution in [-0.4, -0.2) is 20.6 Å². The van der Waals surface area contributed by atoms with E-state index >= 15 is 0 Å². The van der Waals surface area contributed by atoms with Gasteiger partial charge in [0.05, 0.1) is 12.2 Å². The Bertz CT molecular complexity index is 785. The Balaban J connectivity index is 2.52. The van der Waals surface area contributed by atoms with Gasteiger partial charge in [-0.15, -0.1) is 0 Å². The molecule has 2 rings (SSSR count). The third-order valence-electron chi connectivity index (χ3n) is 3.39. The van der Waals surface area contributed by atoms with Crippen molar-refractivity contribution in [3.63, 3.8) is 0 Å². The first-order chi connectivity index (χ1) is 10.8. The van der Waals surface area contributed by atoms with Crippen LogP contribution in [0.5, 0.6) is 0 Å². The van der Waals surface area contributed by atoms with Crippen LogP contribution in [0.2, 0.25) is 10.2 Å². The van der Waals surface area contributed by atoms with Gasteiger partial charge >= 0.3 is 5.97 Å². The van der Waals surface area contributed by atoms with E-state index in [0.29, 0.717) is 28.8 Å². The van der Waals surface area contributed by atoms with E-state index in [4.69, 9.17) is 28.3 Å². The topological polar surface area (TPSA) is 55.1 Å². The van der Waals surface area contributed by atoms with Crippen LogP contribution < -0.4 is 0 Å². The largest absolute Gasteiger partial charge is 0.478 e. The molecular weight excluding hydrogens is 450 g/mol. The second-order valence-electron chi connectivity index (χ2n) is 5.01. The Morgan fingerprint density at radius 2 is 2.13 bits per heavy atom. The predicted molar refractivity (Wildman–Crippen MR) is 101 cm³/mol. The molecule has 0 aliphatic heterocycles. The normalized spacial score (nSPS) is 11.8. The van der Waals surface area contributed by atoms with E-state index in [0.717, 1.165) is 15.0 Å². The Morgan fingerprint density at radius 3 is 2.70 bits per heavy atom. The second kappa shape index (κ2) is 7.68. The van der Waals surface area contributed by atoms with Gasteiger partial charge in [-0.3, -0.25) is 0 Å². The Labute approximate surface area is 158 Å². The Kier molecular flexibility index (Phi) is 6.11. The molecule has 0 atom stereocenters. The number of benzene rings is 1. The minimum Gasteiger partial charge on any atom is -0.478 e. The highest BCUT2D eigenvalue weighted by Crippen LogP contribution is 2.25. The number of aliphatic carboxylic acids is 1. The molecular formula is C16H15Cl2IN2O2. The number of imidazole rings is 1. The average molecular weight is 465 g/mol. The summed E-state index contributed by atoms with van der Waals surface area (Å²) in [6, 6.07) is 5.82. The summed E-state index contributed by atoms with van der Waals surface area (Å²) in [5.74, 6) is -0.201. The molecule has 0 spiro atoms. The van der Waals surface area contributed by atoms with E-state index in [1.54, 1.807) is 0 Å². The molecule has 1 N–H and O–H groups in total. The van der Waals surface area contributed by atoms with Gasteiger partial charge in [0.1, 0.15) is 5.82 Å². The minimum absolute atomic E-state index is 0.199. The van der Waals surface area contributed by atoms with E-state index in [2.05, 4.69) is 27.6 Å². The lowest BCUT2D eigenvalue weighted by Gasteiger charge is -2.11. The number of carboxylic acids is 1. The highest BCUT2D eigenvalue weighted by Gasteiger charge is 2.16. The van der Waals surface area contributed by atoms with E-state index in [-0.39, 0.29) is 5.57 Å². The molecule has 0 aliphatic rings. The molecule has 0 radical (unpaired) electrons. The summed E-state index contributed by atoms with van der Waals surface area (Å²) in [6.07, 6.45) is 2.22. The maximum Gasteiger partial charge on any atom is 0.331 e. The van der Waals surface area contributed by atoms with Crippen LogP contribution in [0.3, 0.4) is 0 Å². The summed E-state index contributed by atoms with van der Waals surface area (Å²) >= 11 is 14.7. The maximum atomic E-state index is 11.1. The fourth-order valence-corrected chi connectivity index (χ4v) is 3.32. The molecule has 1 aromatic carbocycles. The van der Waals surface area contributed by atoms with E-state index in [1.807, 2.05) is 29.7 Å². The smallest absolute Gasteiger partial charge is 0.331 e. The van der Waals surface area contributed by atoms with Crippen molar-refractivity contribution in [2.45, 2.75) is 26.8 Å². The lowest BCUT2D eigenvalue weighted by atomic mass is 10.2. The van der Waals surface area contributed by atoms with Crippen molar-refractivity contribution in [3.8, 4) is 0 Å². The van der Waals surface area contributed by atoms with Crippen molar-refractivity contribution < 1.29 is 9.90 Å². The number of rotatable bonds is 5. The van der Waals surface area contributed by atoms with Gasteiger partial charge < -0.3 is 9.67 Å². The van der Waals surface area contributed by atoms with Crippen molar-refractivity contribution in [2.75, 3.05) is 0 Å². The SMILES string of the molecule is CCc1nc(Cl)c(/C=C(\C)C(=O)O)n1Cc1ccc(I)cc1Cl. The van der Waals surface area contributed by atoms with Gasteiger partial charge in [0.2, 0.25) is 0 Å². The van der Waals surface area contributed by atoms with Crippen LogP contribution in [0, 0.1) is 3.57 Å². The van der Waals surface area contributed by atoms with Gasteiger partial charge in [-0.2, -0.15) is 0 Å². The minimum atomic E-state index is -0.987. The first-order valence-corrected chi connectivity index (χ1v) is 8.77. The maximum absolute atomic E-state index is 11.1. The Morgan fingerprint density at radius 1 is 1.43 bits per heavy atom. The standard InChI is InChI=1S/C16H15Cl2IN2O2/c1-3-14-20-15(18)13(6-9(2)16(22)23)21(14)8-10-4-5-11(19)7-12(10)17/h4-7H,3,8H2,1-2H3,(H,22,23)/b9-6+. The molecule has 0 unspecified atom stereocenters. The van der Waals surface area contributed by atoms with Crippen LogP contribution >= 0.6 is 45.8 Å². The van der Waals surface area contributed by atoms with Crippen molar-refractivity contribution in [3.05, 3.63) is 54.6 Å². The van der Waals surface area contributed by atoms with Gasteiger partial charge in [-0.05, 0) is 53.3 Å². The average Bonchev–Trinajstić information content (AvgIpc) is 2.78. The molecule has 0 aliphatic carbocycles. The number of halogens is 3. The molecule has 0 amide bonds. The molecule has 0 saturated heterocycles. The lowest BCUT2D eigenvalue weighted by Crippen LogP contribution is -2.08. The fraction of sp³-hybridized carbons (Fsp3) is 0.250. The molecule has 7 heteroatoms. The quantitative estimate of drug-likeness (QED) is 0.506. The van der Waals surface area contributed by atoms with E-state index < -0.39 is 5.97 Å². The van der Waals surface area contributed by atoms with Gasteiger partial charge in [0.15, 0.2) is 5.15 Å². The van der Waals surface area contributed by atoms with E-state index in [9.17, 15) is 4.79 Å². The highest BCUT2D eigenvalue weighted by atomic mass is 127. The summed E-state index contributed by atoms with van der Waals surface area (Å²) in [5, 5.41) is 10.0. The highest BCUT2D eigenvalue weighted by molar-refractivity contribution is 14.1. The number of aryl methyl sites for hydroxylation is 1. The molecule has 2 aromatic rings. The monoisotopic (exact) mass is 464 g/mol. The third kappa shape index (κ3) is 4.28. The molecule has 23 heavy (non-hydrogen) atoms. The number of hydrogen-bond donors (Lipinski definition) is 1. The molecule has 1 heterocycles. The molecule has 0 bridgehead atoms. The zero-order chi connectivity index (χ0) is 17.1. The summed E-state index contributed by atoms with van der Waals surface area (Å²) in [6.45, 7) is 3.99. The first kappa shape index (κ1) is 18.3. The van der Waals surface area contributed by atoms with Crippen LogP contribution in [0.25, 0.3) is 6.08 Å². The molecule has 0 saturated carbocycles. The number of nitrogens with zero attached hydrogens (tertiary/aromatic N) is 2. The predicted octanol–water partition coefficient (Wildman–Crippen LogP) is 4.89. The number of carbonyl (C=O) groups is 1. The molecule has 0 fully saturated rings. The lowest BCUT2D eigenvalue weighted by molar-refractivity contribution is -0.132. The fourth-order valence-electron chi connectivity index (χ4n) is 2.15. The summed E-state index contributed by atoms with van der Waals surface area (Å²) in [7, 11) is 0. The van der Waals surface area contributed by atoms with Crippen LogP contribution in [0.4, 0.5) is 0 Å². The second-order valence-corrected chi connectivity index (χ2v) is 7.02.